The lowest BCUT2D eigenvalue weighted by molar-refractivity contribution is -0.121. The summed E-state index contributed by atoms with van der Waals surface area (Å²) in [6.07, 6.45) is 0.964. The SMILES string of the molecule is CCc1ccccc1N(CCC(=O)NCc1ccccc1F)C(C)=O. The first kappa shape index (κ1) is 18.6. The lowest BCUT2D eigenvalue weighted by Gasteiger charge is -2.23. The van der Waals surface area contributed by atoms with Gasteiger partial charge in [-0.25, -0.2) is 4.39 Å². The number of rotatable bonds is 7. The Morgan fingerprint density at radius 1 is 1.04 bits per heavy atom. The average Bonchev–Trinajstić information content (AvgIpc) is 2.61. The van der Waals surface area contributed by atoms with Gasteiger partial charge in [0.2, 0.25) is 11.8 Å². The first-order chi connectivity index (χ1) is 12.0. The summed E-state index contributed by atoms with van der Waals surface area (Å²) in [5.41, 5.74) is 2.33. The van der Waals surface area contributed by atoms with Crippen LogP contribution in [0.1, 0.15) is 31.4 Å². The number of hydrogen-bond donors (Lipinski definition) is 1. The third kappa shape index (κ3) is 5.14. The Balaban J connectivity index is 1.96. The minimum Gasteiger partial charge on any atom is -0.352 e. The van der Waals surface area contributed by atoms with Crippen LogP contribution in [0.4, 0.5) is 10.1 Å². The summed E-state index contributed by atoms with van der Waals surface area (Å²) in [5, 5.41) is 2.70. The summed E-state index contributed by atoms with van der Waals surface area (Å²) >= 11 is 0. The fourth-order valence-electron chi connectivity index (χ4n) is 2.66. The quantitative estimate of drug-likeness (QED) is 0.838. The molecular formula is C20H23FN2O2. The second-order valence-electron chi connectivity index (χ2n) is 5.77. The molecule has 0 heterocycles. The molecule has 2 rings (SSSR count). The number of carbonyl (C=O) groups excluding carboxylic acids is 2. The van der Waals surface area contributed by atoms with Crippen LogP contribution in [0.3, 0.4) is 0 Å². The number of nitrogens with zero attached hydrogens (tertiary/aromatic N) is 1. The lowest BCUT2D eigenvalue weighted by Crippen LogP contribution is -2.34. The van der Waals surface area contributed by atoms with E-state index in [1.165, 1.54) is 13.0 Å². The van der Waals surface area contributed by atoms with E-state index in [4.69, 9.17) is 0 Å². The molecule has 4 nitrogen and oxygen atoms in total. The zero-order valence-electron chi connectivity index (χ0n) is 14.6. The Morgan fingerprint density at radius 3 is 2.32 bits per heavy atom. The van der Waals surface area contributed by atoms with Gasteiger partial charge in [0, 0.05) is 37.7 Å². The van der Waals surface area contributed by atoms with Crippen molar-refractivity contribution in [3.8, 4) is 0 Å². The van der Waals surface area contributed by atoms with Crippen LogP contribution in [0.25, 0.3) is 0 Å². The van der Waals surface area contributed by atoms with Crippen molar-refractivity contribution < 1.29 is 14.0 Å². The van der Waals surface area contributed by atoms with Gasteiger partial charge in [0.25, 0.3) is 0 Å². The van der Waals surface area contributed by atoms with Gasteiger partial charge in [0.1, 0.15) is 5.82 Å². The van der Waals surface area contributed by atoms with Crippen LogP contribution in [0.2, 0.25) is 0 Å². The van der Waals surface area contributed by atoms with Crippen LogP contribution in [0.5, 0.6) is 0 Å². The van der Waals surface area contributed by atoms with E-state index in [-0.39, 0.29) is 37.1 Å². The van der Waals surface area contributed by atoms with Gasteiger partial charge < -0.3 is 10.2 Å². The smallest absolute Gasteiger partial charge is 0.223 e. The number of carbonyl (C=O) groups is 2. The molecule has 0 aliphatic rings. The topological polar surface area (TPSA) is 49.4 Å². The van der Waals surface area contributed by atoms with Crippen LogP contribution in [0.15, 0.2) is 48.5 Å². The van der Waals surface area contributed by atoms with Crippen molar-refractivity contribution in [3.63, 3.8) is 0 Å². The van der Waals surface area contributed by atoms with Crippen molar-refractivity contribution >= 4 is 17.5 Å². The summed E-state index contributed by atoms with van der Waals surface area (Å²) in [7, 11) is 0. The summed E-state index contributed by atoms with van der Waals surface area (Å²) in [4.78, 5) is 25.7. The van der Waals surface area contributed by atoms with Gasteiger partial charge in [0.05, 0.1) is 0 Å². The van der Waals surface area contributed by atoms with Gasteiger partial charge in [-0.15, -0.1) is 0 Å². The van der Waals surface area contributed by atoms with Gasteiger partial charge in [-0.2, -0.15) is 0 Å². The predicted molar refractivity (Wildman–Crippen MR) is 96.7 cm³/mol. The highest BCUT2D eigenvalue weighted by Gasteiger charge is 2.16. The van der Waals surface area contributed by atoms with Gasteiger partial charge >= 0.3 is 0 Å². The van der Waals surface area contributed by atoms with E-state index < -0.39 is 0 Å². The zero-order chi connectivity index (χ0) is 18.2. The molecule has 0 radical (unpaired) electrons. The van der Waals surface area contributed by atoms with Crippen LogP contribution in [0, 0.1) is 5.82 Å². The molecular weight excluding hydrogens is 319 g/mol. The lowest BCUT2D eigenvalue weighted by atomic mass is 10.1. The number of anilines is 1. The van der Waals surface area contributed by atoms with Crippen LogP contribution in [-0.2, 0) is 22.6 Å². The molecule has 2 aromatic rings. The van der Waals surface area contributed by atoms with E-state index >= 15 is 0 Å². The van der Waals surface area contributed by atoms with Crippen molar-refractivity contribution in [2.75, 3.05) is 11.4 Å². The first-order valence-electron chi connectivity index (χ1n) is 8.39. The van der Waals surface area contributed by atoms with Crippen molar-refractivity contribution in [3.05, 3.63) is 65.5 Å². The summed E-state index contributed by atoms with van der Waals surface area (Å²) in [5.74, 6) is -0.670. The summed E-state index contributed by atoms with van der Waals surface area (Å²) in [6, 6.07) is 14.0. The van der Waals surface area contributed by atoms with E-state index in [9.17, 15) is 14.0 Å². The Kier molecular flexibility index (Phi) is 6.69. The van der Waals surface area contributed by atoms with Crippen LogP contribution < -0.4 is 10.2 Å². The van der Waals surface area contributed by atoms with E-state index in [1.807, 2.05) is 31.2 Å². The third-order valence-electron chi connectivity index (χ3n) is 4.04. The maximum atomic E-state index is 13.6. The molecule has 0 aliphatic carbocycles. The van der Waals surface area contributed by atoms with E-state index in [2.05, 4.69) is 5.32 Å². The van der Waals surface area contributed by atoms with Crippen molar-refractivity contribution in [2.24, 2.45) is 0 Å². The molecule has 0 aliphatic heterocycles. The maximum absolute atomic E-state index is 13.6. The third-order valence-corrected chi connectivity index (χ3v) is 4.04. The molecule has 0 saturated carbocycles. The standard InChI is InChI=1S/C20H23FN2O2/c1-3-16-8-5-7-11-19(16)23(15(2)24)13-12-20(25)22-14-17-9-4-6-10-18(17)21/h4-11H,3,12-14H2,1-2H3,(H,22,25). The Bertz CT molecular complexity index is 746. The fourth-order valence-corrected chi connectivity index (χ4v) is 2.66. The number of aryl methyl sites for hydroxylation is 1. The second kappa shape index (κ2) is 8.97. The number of amides is 2. The highest BCUT2D eigenvalue weighted by Crippen LogP contribution is 2.21. The highest BCUT2D eigenvalue weighted by molar-refractivity contribution is 5.93. The van der Waals surface area contributed by atoms with Gasteiger partial charge in [-0.05, 0) is 24.1 Å². The Morgan fingerprint density at radius 2 is 1.68 bits per heavy atom. The normalized spacial score (nSPS) is 10.4. The molecule has 2 aromatic carbocycles. The Hall–Kier alpha value is -2.69. The molecule has 1 N–H and O–H groups in total. The van der Waals surface area contributed by atoms with Crippen LogP contribution >= 0.6 is 0 Å². The van der Waals surface area contributed by atoms with Crippen molar-refractivity contribution in [2.45, 2.75) is 33.2 Å². The minimum absolute atomic E-state index is 0.109. The maximum Gasteiger partial charge on any atom is 0.223 e. The molecule has 0 saturated heterocycles. The summed E-state index contributed by atoms with van der Waals surface area (Å²) in [6.45, 7) is 3.94. The summed E-state index contributed by atoms with van der Waals surface area (Å²) < 4.78 is 13.6. The highest BCUT2D eigenvalue weighted by atomic mass is 19.1. The molecule has 0 spiro atoms. The molecule has 0 aromatic heterocycles. The predicted octanol–water partition coefficient (Wildman–Crippen LogP) is 3.45. The van der Waals surface area contributed by atoms with Crippen molar-refractivity contribution in [1.82, 2.24) is 5.32 Å². The van der Waals surface area contributed by atoms with Crippen molar-refractivity contribution in [1.29, 1.82) is 0 Å². The molecule has 132 valence electrons. The largest absolute Gasteiger partial charge is 0.352 e. The van der Waals surface area contributed by atoms with Gasteiger partial charge in [-0.3, -0.25) is 9.59 Å². The Labute approximate surface area is 147 Å². The number of nitrogens with one attached hydrogen (secondary N) is 1. The number of halogens is 1. The average molecular weight is 342 g/mol. The molecule has 0 unspecified atom stereocenters. The number of hydrogen-bond acceptors (Lipinski definition) is 2. The molecule has 5 heteroatoms. The number of benzene rings is 2. The van der Waals surface area contributed by atoms with E-state index in [1.54, 1.807) is 23.1 Å². The molecule has 25 heavy (non-hydrogen) atoms. The van der Waals surface area contributed by atoms with E-state index in [0.29, 0.717) is 5.56 Å². The first-order valence-corrected chi connectivity index (χ1v) is 8.39. The molecule has 0 atom stereocenters. The van der Waals surface area contributed by atoms with Gasteiger partial charge in [-0.1, -0.05) is 43.3 Å². The molecule has 0 fully saturated rings. The van der Waals surface area contributed by atoms with E-state index in [0.717, 1.165) is 17.7 Å². The molecule has 2 amide bonds. The minimum atomic E-state index is -0.343. The number of para-hydroxylation sites is 1. The fraction of sp³-hybridized carbons (Fsp3) is 0.300. The van der Waals surface area contributed by atoms with Crippen LogP contribution in [-0.4, -0.2) is 18.4 Å². The monoisotopic (exact) mass is 342 g/mol. The molecule has 0 bridgehead atoms. The second-order valence-corrected chi connectivity index (χ2v) is 5.77. The zero-order valence-corrected chi connectivity index (χ0v) is 14.6. The van der Waals surface area contributed by atoms with Gasteiger partial charge in [0.15, 0.2) is 0 Å².